The molecule has 0 aliphatic carbocycles. The van der Waals surface area contributed by atoms with Crippen LogP contribution < -0.4 is 32.3 Å². The van der Waals surface area contributed by atoms with Crippen molar-refractivity contribution in [2.45, 2.75) is 37.8 Å². The average Bonchev–Trinajstić information content (AvgIpc) is 3.30. The molecular formula is C26H37N9O2. The number of morpholine rings is 1. The molecule has 2 aromatic heterocycles. The molecule has 4 heterocycles. The van der Waals surface area contributed by atoms with E-state index in [1.807, 2.05) is 30.5 Å². The third kappa shape index (κ3) is 6.48. The first-order valence-corrected chi connectivity index (χ1v) is 13.2. The van der Waals surface area contributed by atoms with Crippen molar-refractivity contribution in [3.05, 3.63) is 52.7 Å². The summed E-state index contributed by atoms with van der Waals surface area (Å²) in [6.07, 6.45) is 5.92. The van der Waals surface area contributed by atoms with Gasteiger partial charge in [0.1, 0.15) is 5.65 Å². The lowest BCUT2D eigenvalue weighted by Crippen LogP contribution is -2.44. The number of guanidine groups is 1. The molecule has 5 rings (SSSR count). The highest BCUT2D eigenvalue weighted by atomic mass is 16.5. The highest BCUT2D eigenvalue weighted by molar-refractivity contribution is 5.76. The Hall–Kier alpha value is -3.41. The van der Waals surface area contributed by atoms with Gasteiger partial charge in [-0.3, -0.25) is 9.98 Å². The second-order valence-electron chi connectivity index (χ2n) is 9.80. The first kappa shape index (κ1) is 25.2. The van der Waals surface area contributed by atoms with Crippen LogP contribution in [0.2, 0.25) is 0 Å². The van der Waals surface area contributed by atoms with Crippen molar-refractivity contribution >= 4 is 22.7 Å². The van der Waals surface area contributed by atoms with Gasteiger partial charge >= 0.3 is 5.69 Å². The van der Waals surface area contributed by atoms with Gasteiger partial charge in [-0.2, -0.15) is 4.98 Å². The largest absolute Gasteiger partial charge is 0.374 e. The summed E-state index contributed by atoms with van der Waals surface area (Å²) in [7, 11) is 0. The number of H-pyrrole nitrogens is 1. The monoisotopic (exact) mass is 507 g/mol. The minimum absolute atomic E-state index is 0.0216. The van der Waals surface area contributed by atoms with E-state index in [1.165, 1.54) is 0 Å². The quantitative estimate of drug-likeness (QED) is 0.183. The van der Waals surface area contributed by atoms with Crippen LogP contribution >= 0.6 is 0 Å². The Balaban J connectivity index is 1.22. The van der Waals surface area contributed by atoms with Crippen LogP contribution in [0.25, 0.3) is 16.7 Å². The second-order valence-corrected chi connectivity index (χ2v) is 9.80. The van der Waals surface area contributed by atoms with Crippen LogP contribution in [0.15, 0.2) is 41.3 Å². The van der Waals surface area contributed by atoms with E-state index < -0.39 is 0 Å². The molecule has 7 N–H and O–H groups in total. The number of ether oxygens (including phenoxy) is 1. The zero-order valence-corrected chi connectivity index (χ0v) is 21.1. The van der Waals surface area contributed by atoms with Crippen LogP contribution in [0.5, 0.6) is 0 Å². The molecule has 1 aromatic carbocycles. The number of fused-ring (bicyclic) bond motifs is 1. The molecule has 11 nitrogen and oxygen atoms in total. The van der Waals surface area contributed by atoms with Crippen LogP contribution in [0.3, 0.4) is 0 Å². The van der Waals surface area contributed by atoms with Crippen molar-refractivity contribution < 1.29 is 4.74 Å². The Morgan fingerprint density at radius 3 is 2.76 bits per heavy atom. The molecule has 11 heteroatoms. The van der Waals surface area contributed by atoms with E-state index in [9.17, 15) is 4.79 Å². The number of nitrogens with two attached hydrogens (primary N) is 1. The first-order valence-electron chi connectivity index (χ1n) is 13.2. The molecule has 2 fully saturated rings. The molecular weight excluding hydrogens is 470 g/mol. The number of aromatic nitrogens is 3. The van der Waals surface area contributed by atoms with Crippen molar-refractivity contribution in [2.75, 3.05) is 50.8 Å². The van der Waals surface area contributed by atoms with Crippen LogP contribution in [0.4, 0.5) is 5.69 Å². The van der Waals surface area contributed by atoms with E-state index in [0.29, 0.717) is 24.8 Å². The fourth-order valence-corrected chi connectivity index (χ4v) is 5.13. The molecule has 0 amide bonds. The third-order valence-corrected chi connectivity index (χ3v) is 7.14. The summed E-state index contributed by atoms with van der Waals surface area (Å²) in [6, 6.07) is 10.7. The van der Waals surface area contributed by atoms with Gasteiger partial charge in [-0.1, -0.05) is 0 Å². The standard InChI is InChI=1S/C26H37N9O2/c27-25(28)31-12-8-23-17-34(13-14-37-23)21-1-3-22(4-2-21)35-16-18-15-20(32-24(18)33-26(35)36)7-11-30-19-5-9-29-10-6-19/h1-4,15-16,19,23,29-30H,5-14,17H2,(H4,27,28,31)(H,32,33,36)/t23-/m0/s1. The van der Waals surface area contributed by atoms with E-state index >= 15 is 0 Å². The fourth-order valence-electron chi connectivity index (χ4n) is 5.13. The Bertz CT molecular complexity index is 1250. The number of nitrogens with one attached hydrogen (secondary N) is 5. The zero-order valence-electron chi connectivity index (χ0n) is 21.1. The Morgan fingerprint density at radius 2 is 1.97 bits per heavy atom. The average molecular weight is 508 g/mol. The van der Waals surface area contributed by atoms with Gasteiger partial charge in [0.05, 0.1) is 18.4 Å². The molecule has 0 bridgehead atoms. The molecule has 0 spiro atoms. The van der Waals surface area contributed by atoms with E-state index in [1.54, 1.807) is 4.57 Å². The van der Waals surface area contributed by atoms with Crippen molar-refractivity contribution in [3.63, 3.8) is 0 Å². The molecule has 2 aliphatic rings. The smallest absolute Gasteiger partial charge is 0.354 e. The van der Waals surface area contributed by atoms with Crippen LogP contribution in [-0.4, -0.2) is 78.5 Å². The van der Waals surface area contributed by atoms with Crippen molar-refractivity contribution in [1.29, 1.82) is 5.41 Å². The molecule has 37 heavy (non-hydrogen) atoms. The number of nitrogens with zero attached hydrogens (tertiary/aromatic N) is 3. The lowest BCUT2D eigenvalue weighted by atomic mass is 10.1. The molecule has 0 saturated carbocycles. The van der Waals surface area contributed by atoms with E-state index in [-0.39, 0.29) is 17.8 Å². The van der Waals surface area contributed by atoms with Gasteiger partial charge in [0.2, 0.25) is 0 Å². The number of hydrogen-bond acceptors (Lipinski definition) is 7. The SMILES string of the molecule is N=C(N)NCC[C@H]1CN(c2ccc(-n3cc4cc(CCNC5CCNCC5)[nH]c4nc3=O)cc2)CCO1. The van der Waals surface area contributed by atoms with Gasteiger partial charge in [-0.15, -0.1) is 0 Å². The third-order valence-electron chi connectivity index (χ3n) is 7.14. The van der Waals surface area contributed by atoms with Gasteiger partial charge < -0.3 is 36.3 Å². The maximum absolute atomic E-state index is 12.8. The van der Waals surface area contributed by atoms with Crippen molar-refractivity contribution in [2.24, 2.45) is 5.73 Å². The summed E-state index contributed by atoms with van der Waals surface area (Å²) in [6.45, 7) is 5.89. The maximum Gasteiger partial charge on any atom is 0.354 e. The predicted octanol–water partition coefficient (Wildman–Crippen LogP) is 0.676. The predicted molar refractivity (Wildman–Crippen MR) is 146 cm³/mol. The highest BCUT2D eigenvalue weighted by Crippen LogP contribution is 2.21. The minimum Gasteiger partial charge on any atom is -0.374 e. The topological polar surface area (TPSA) is 149 Å². The number of benzene rings is 1. The first-order chi connectivity index (χ1) is 18.0. The molecule has 2 aliphatic heterocycles. The number of aromatic amines is 1. The van der Waals surface area contributed by atoms with Crippen LogP contribution in [-0.2, 0) is 11.2 Å². The van der Waals surface area contributed by atoms with E-state index in [0.717, 1.165) is 80.9 Å². The molecule has 3 aromatic rings. The Kier molecular flexibility index (Phi) is 8.02. The normalized spacial score (nSPS) is 18.8. The van der Waals surface area contributed by atoms with E-state index in [4.69, 9.17) is 15.9 Å². The lowest BCUT2D eigenvalue weighted by molar-refractivity contribution is 0.0362. The zero-order chi connectivity index (χ0) is 25.6. The minimum atomic E-state index is -0.300. The van der Waals surface area contributed by atoms with Crippen molar-refractivity contribution in [1.82, 2.24) is 30.5 Å². The summed E-state index contributed by atoms with van der Waals surface area (Å²) < 4.78 is 7.47. The summed E-state index contributed by atoms with van der Waals surface area (Å²) in [5.41, 5.74) is 8.65. The maximum atomic E-state index is 12.8. The van der Waals surface area contributed by atoms with Gasteiger partial charge in [0.15, 0.2) is 5.96 Å². The summed E-state index contributed by atoms with van der Waals surface area (Å²) in [5.74, 6) is -0.0216. The molecule has 1 atom stereocenters. The number of anilines is 1. The summed E-state index contributed by atoms with van der Waals surface area (Å²) in [4.78, 5) is 22.7. The Morgan fingerprint density at radius 1 is 1.19 bits per heavy atom. The van der Waals surface area contributed by atoms with Gasteiger partial charge in [0.25, 0.3) is 0 Å². The molecule has 198 valence electrons. The highest BCUT2D eigenvalue weighted by Gasteiger charge is 2.21. The number of piperidine rings is 1. The number of hydrogen-bond donors (Lipinski definition) is 6. The molecule has 2 saturated heterocycles. The summed E-state index contributed by atoms with van der Waals surface area (Å²) in [5, 5.41) is 18.1. The van der Waals surface area contributed by atoms with Crippen LogP contribution in [0.1, 0.15) is 25.0 Å². The summed E-state index contributed by atoms with van der Waals surface area (Å²) >= 11 is 0. The van der Waals surface area contributed by atoms with Gasteiger partial charge in [-0.05, 0) is 62.7 Å². The molecule has 0 radical (unpaired) electrons. The fraction of sp³-hybridized carbons (Fsp3) is 0.500. The number of rotatable bonds is 9. The Labute approximate surface area is 216 Å². The van der Waals surface area contributed by atoms with Gasteiger partial charge in [0, 0.05) is 61.6 Å². The van der Waals surface area contributed by atoms with Crippen molar-refractivity contribution in [3.8, 4) is 5.69 Å². The second kappa shape index (κ2) is 11.8. The van der Waals surface area contributed by atoms with Gasteiger partial charge in [-0.25, -0.2) is 4.79 Å². The van der Waals surface area contributed by atoms with Crippen LogP contribution in [0, 0.1) is 5.41 Å². The lowest BCUT2D eigenvalue weighted by Gasteiger charge is -2.34. The van der Waals surface area contributed by atoms with E-state index in [2.05, 4.69) is 36.9 Å². The molecule has 0 unspecified atom stereocenters.